The number of hydrogen-bond donors (Lipinski definition) is 0. The fourth-order valence-electron chi connectivity index (χ4n) is 1.97. The van der Waals surface area contributed by atoms with Crippen LogP contribution in [0.3, 0.4) is 0 Å². The first-order chi connectivity index (χ1) is 9.79. The summed E-state index contributed by atoms with van der Waals surface area (Å²) in [5.74, 6) is 1.28. The van der Waals surface area contributed by atoms with Gasteiger partial charge in [0.25, 0.3) is 0 Å². The van der Waals surface area contributed by atoms with Crippen molar-refractivity contribution in [1.82, 2.24) is 9.97 Å². The highest BCUT2D eigenvalue weighted by molar-refractivity contribution is 7.98. The van der Waals surface area contributed by atoms with E-state index < -0.39 is 0 Å². The molecule has 21 heavy (non-hydrogen) atoms. The van der Waals surface area contributed by atoms with E-state index in [-0.39, 0.29) is 5.41 Å². The molecule has 0 N–H and O–H groups in total. The fraction of sp³-hybridized carbons (Fsp3) is 0.375. The third-order valence-corrected chi connectivity index (χ3v) is 3.73. The van der Waals surface area contributed by atoms with Crippen LogP contribution < -0.4 is 4.74 Å². The molecule has 0 fully saturated rings. The molecule has 0 saturated heterocycles. The molecule has 0 aliphatic carbocycles. The van der Waals surface area contributed by atoms with Gasteiger partial charge in [0.2, 0.25) is 5.88 Å². The fourth-order valence-corrected chi connectivity index (χ4v) is 2.56. The predicted octanol–water partition coefficient (Wildman–Crippen LogP) is 5.25. The van der Waals surface area contributed by atoms with E-state index in [9.17, 15) is 0 Å². The summed E-state index contributed by atoms with van der Waals surface area (Å²) in [6.07, 6.45) is 1.91. The second-order valence-electron chi connectivity index (χ2n) is 5.87. The predicted molar refractivity (Wildman–Crippen MR) is 88.8 cm³/mol. The van der Waals surface area contributed by atoms with Gasteiger partial charge in [0.05, 0.1) is 0 Å². The van der Waals surface area contributed by atoms with E-state index in [1.165, 1.54) is 11.8 Å². The smallest absolute Gasteiger partial charge is 0.224 e. The first-order valence-electron chi connectivity index (χ1n) is 6.67. The molecule has 0 aliphatic rings. The second-order valence-corrected chi connectivity index (χ2v) is 7.03. The number of rotatable bonds is 3. The van der Waals surface area contributed by atoms with Gasteiger partial charge >= 0.3 is 0 Å². The molecule has 2 aromatic rings. The largest absolute Gasteiger partial charge is 0.439 e. The third kappa shape index (κ3) is 4.11. The van der Waals surface area contributed by atoms with Crippen LogP contribution in [0, 0.1) is 6.92 Å². The molecule has 2 rings (SSSR count). The first kappa shape index (κ1) is 16.1. The van der Waals surface area contributed by atoms with Gasteiger partial charge in [0.1, 0.15) is 10.9 Å². The zero-order chi connectivity index (χ0) is 15.6. The molecule has 0 bridgehead atoms. The molecule has 0 atom stereocenters. The van der Waals surface area contributed by atoms with Gasteiger partial charge in [-0.2, -0.15) is 4.98 Å². The maximum Gasteiger partial charge on any atom is 0.224 e. The highest BCUT2D eigenvalue weighted by Gasteiger charge is 2.20. The van der Waals surface area contributed by atoms with Crippen molar-refractivity contribution < 1.29 is 4.74 Å². The van der Waals surface area contributed by atoms with Gasteiger partial charge in [-0.05, 0) is 30.2 Å². The van der Waals surface area contributed by atoms with Crippen LogP contribution >= 0.6 is 23.4 Å². The zero-order valence-corrected chi connectivity index (χ0v) is 14.5. The van der Waals surface area contributed by atoms with Gasteiger partial charge < -0.3 is 4.74 Å². The third-order valence-electron chi connectivity index (χ3n) is 2.99. The van der Waals surface area contributed by atoms with Gasteiger partial charge in [-0.3, -0.25) is 0 Å². The molecular weight excluding hydrogens is 304 g/mol. The number of aromatic nitrogens is 2. The van der Waals surface area contributed by atoms with Crippen molar-refractivity contribution >= 4 is 23.4 Å². The van der Waals surface area contributed by atoms with E-state index >= 15 is 0 Å². The van der Waals surface area contributed by atoms with E-state index in [1.54, 1.807) is 6.07 Å². The van der Waals surface area contributed by atoms with E-state index in [2.05, 4.69) is 42.9 Å². The molecule has 1 heterocycles. The number of halogens is 1. The molecular formula is C16H19ClN2OS. The first-order valence-corrected chi connectivity index (χ1v) is 8.27. The summed E-state index contributed by atoms with van der Waals surface area (Å²) in [6.45, 7) is 8.51. The van der Waals surface area contributed by atoms with Gasteiger partial charge in [-0.25, -0.2) is 4.98 Å². The Labute approximate surface area is 135 Å². The van der Waals surface area contributed by atoms with E-state index in [1.807, 2.05) is 19.2 Å². The standard InChI is InChI=1S/C16H19ClN2OS/c1-10-6-7-11(16(2,3)4)12(8-10)20-14-9-13(17)18-15(19-14)21-5/h6-9H,1-5H3. The van der Waals surface area contributed by atoms with Crippen LogP contribution in [0.5, 0.6) is 11.6 Å². The summed E-state index contributed by atoms with van der Waals surface area (Å²) in [5.41, 5.74) is 2.26. The molecule has 3 nitrogen and oxygen atoms in total. The van der Waals surface area contributed by atoms with Crippen molar-refractivity contribution in [2.45, 2.75) is 38.3 Å². The molecule has 5 heteroatoms. The number of benzene rings is 1. The topological polar surface area (TPSA) is 35.0 Å². The summed E-state index contributed by atoms with van der Waals surface area (Å²) in [6, 6.07) is 7.85. The van der Waals surface area contributed by atoms with Crippen molar-refractivity contribution in [3.63, 3.8) is 0 Å². The average molecular weight is 323 g/mol. The lowest BCUT2D eigenvalue weighted by Gasteiger charge is -2.22. The van der Waals surface area contributed by atoms with Gasteiger partial charge in [-0.1, -0.05) is 56.3 Å². The summed E-state index contributed by atoms with van der Waals surface area (Å²) >= 11 is 7.45. The number of thioether (sulfide) groups is 1. The quantitative estimate of drug-likeness (QED) is 0.439. The molecule has 0 spiro atoms. The van der Waals surface area contributed by atoms with Crippen LogP contribution in [0.15, 0.2) is 29.4 Å². The second kappa shape index (κ2) is 6.24. The lowest BCUT2D eigenvalue weighted by atomic mass is 9.86. The van der Waals surface area contributed by atoms with Gasteiger partial charge in [-0.15, -0.1) is 0 Å². The summed E-state index contributed by atoms with van der Waals surface area (Å²) in [7, 11) is 0. The molecule has 0 saturated carbocycles. The summed E-state index contributed by atoms with van der Waals surface area (Å²) in [5, 5.41) is 0.983. The van der Waals surface area contributed by atoms with Crippen LogP contribution in [0.25, 0.3) is 0 Å². The monoisotopic (exact) mass is 322 g/mol. The molecule has 0 radical (unpaired) electrons. The molecule has 1 aromatic carbocycles. The maximum absolute atomic E-state index is 6.01. The van der Waals surface area contributed by atoms with Crippen LogP contribution in [0.2, 0.25) is 5.15 Å². The Morgan fingerprint density at radius 3 is 2.48 bits per heavy atom. The lowest BCUT2D eigenvalue weighted by Crippen LogP contribution is -2.12. The van der Waals surface area contributed by atoms with Crippen molar-refractivity contribution in [1.29, 1.82) is 0 Å². The minimum Gasteiger partial charge on any atom is -0.439 e. The summed E-state index contributed by atoms with van der Waals surface area (Å²) < 4.78 is 5.99. The van der Waals surface area contributed by atoms with Gasteiger partial charge in [0.15, 0.2) is 5.16 Å². The normalized spacial score (nSPS) is 11.5. The number of hydrogen-bond acceptors (Lipinski definition) is 4. The van der Waals surface area contributed by atoms with E-state index in [4.69, 9.17) is 16.3 Å². The maximum atomic E-state index is 6.01. The molecule has 0 amide bonds. The molecule has 0 unspecified atom stereocenters. The molecule has 1 aromatic heterocycles. The van der Waals surface area contributed by atoms with E-state index in [0.717, 1.165) is 16.9 Å². The Morgan fingerprint density at radius 1 is 1.14 bits per heavy atom. The number of ether oxygens (including phenoxy) is 1. The van der Waals surface area contributed by atoms with Crippen LogP contribution in [-0.2, 0) is 5.41 Å². The van der Waals surface area contributed by atoms with Crippen molar-refractivity contribution in [3.8, 4) is 11.6 Å². The minimum absolute atomic E-state index is 0.0117. The zero-order valence-electron chi connectivity index (χ0n) is 12.9. The Kier molecular flexibility index (Phi) is 4.79. The minimum atomic E-state index is -0.0117. The van der Waals surface area contributed by atoms with Crippen LogP contribution in [-0.4, -0.2) is 16.2 Å². The van der Waals surface area contributed by atoms with E-state index in [0.29, 0.717) is 16.2 Å². The Hall–Kier alpha value is -1.26. The van der Waals surface area contributed by atoms with Crippen molar-refractivity contribution in [3.05, 3.63) is 40.5 Å². The summed E-state index contributed by atoms with van der Waals surface area (Å²) in [4.78, 5) is 8.47. The van der Waals surface area contributed by atoms with Crippen molar-refractivity contribution in [2.24, 2.45) is 0 Å². The Balaban J connectivity index is 2.44. The Bertz CT molecular complexity index is 653. The molecule has 0 aliphatic heterocycles. The Morgan fingerprint density at radius 2 is 1.86 bits per heavy atom. The SMILES string of the molecule is CSc1nc(Cl)cc(Oc2cc(C)ccc2C(C)(C)C)n1. The van der Waals surface area contributed by atoms with Crippen LogP contribution in [0.1, 0.15) is 31.9 Å². The molecule has 112 valence electrons. The highest BCUT2D eigenvalue weighted by Crippen LogP contribution is 2.35. The van der Waals surface area contributed by atoms with Gasteiger partial charge in [0, 0.05) is 11.6 Å². The number of nitrogens with zero attached hydrogens (tertiary/aromatic N) is 2. The lowest BCUT2D eigenvalue weighted by molar-refractivity contribution is 0.434. The highest BCUT2D eigenvalue weighted by atomic mass is 35.5. The average Bonchev–Trinajstić information content (AvgIpc) is 2.36. The van der Waals surface area contributed by atoms with Crippen LogP contribution in [0.4, 0.5) is 0 Å². The van der Waals surface area contributed by atoms with Crippen molar-refractivity contribution in [2.75, 3.05) is 6.26 Å². The number of aryl methyl sites for hydroxylation is 1.